The number of hydrogen-bond donors (Lipinski definition) is 2. The number of nitrogens with one attached hydrogen (secondary N) is 1. The number of nitrogens with zero attached hydrogens (tertiary/aromatic N) is 3. The van der Waals surface area contributed by atoms with E-state index in [1.54, 1.807) is 0 Å². The number of imidazole rings is 1. The molecule has 23 heavy (non-hydrogen) atoms. The van der Waals surface area contributed by atoms with Crippen molar-refractivity contribution in [3.8, 4) is 0 Å². The van der Waals surface area contributed by atoms with Crippen molar-refractivity contribution in [2.45, 2.75) is 38.8 Å². The standard InChI is InChI=1S/C15H28N4O3S/c1-4-5-6-15-16-7-13(17-15)9-19-8-12(14(20)10-19)11-23(21,22)18(2)3/h7,12,14,20H,4-6,8-11H2,1-3H3,(H,16,17)/t12-,14+/m0/s1. The summed E-state index contributed by atoms with van der Waals surface area (Å²) in [6.45, 7) is 3.89. The van der Waals surface area contributed by atoms with Gasteiger partial charge in [0.2, 0.25) is 10.0 Å². The number of aliphatic hydroxyl groups excluding tert-OH is 1. The van der Waals surface area contributed by atoms with E-state index >= 15 is 0 Å². The molecule has 132 valence electrons. The van der Waals surface area contributed by atoms with Gasteiger partial charge in [0.15, 0.2) is 0 Å². The Bertz CT molecular complexity index is 600. The van der Waals surface area contributed by atoms with Gasteiger partial charge in [-0.05, 0) is 6.42 Å². The highest BCUT2D eigenvalue weighted by atomic mass is 32.2. The molecule has 2 N–H and O–H groups in total. The van der Waals surface area contributed by atoms with Gasteiger partial charge in [-0.2, -0.15) is 0 Å². The van der Waals surface area contributed by atoms with Gasteiger partial charge in [-0.3, -0.25) is 4.90 Å². The summed E-state index contributed by atoms with van der Waals surface area (Å²) in [5.41, 5.74) is 1.01. The molecular weight excluding hydrogens is 316 g/mol. The van der Waals surface area contributed by atoms with Gasteiger partial charge in [-0.25, -0.2) is 17.7 Å². The minimum atomic E-state index is -3.29. The van der Waals surface area contributed by atoms with Crippen molar-refractivity contribution in [3.63, 3.8) is 0 Å². The van der Waals surface area contributed by atoms with E-state index in [9.17, 15) is 13.5 Å². The molecule has 2 heterocycles. The van der Waals surface area contributed by atoms with E-state index in [0.29, 0.717) is 19.6 Å². The second kappa shape index (κ2) is 7.74. The summed E-state index contributed by atoms with van der Waals surface area (Å²) in [4.78, 5) is 9.76. The Morgan fingerprint density at radius 1 is 1.43 bits per heavy atom. The first-order valence-electron chi connectivity index (χ1n) is 8.15. The Morgan fingerprint density at radius 3 is 2.83 bits per heavy atom. The van der Waals surface area contributed by atoms with Crippen LogP contribution in [0.4, 0.5) is 0 Å². The predicted molar refractivity (Wildman–Crippen MR) is 89.4 cm³/mol. The number of unbranched alkanes of at least 4 members (excludes halogenated alkanes) is 1. The quantitative estimate of drug-likeness (QED) is 0.714. The number of sulfonamides is 1. The number of rotatable bonds is 8. The van der Waals surface area contributed by atoms with Crippen LogP contribution in [-0.2, 0) is 23.0 Å². The van der Waals surface area contributed by atoms with E-state index in [-0.39, 0.29) is 11.7 Å². The molecule has 1 saturated heterocycles. The molecule has 0 bridgehead atoms. The second-order valence-electron chi connectivity index (χ2n) is 6.54. The third kappa shape index (κ3) is 5.00. The molecule has 2 rings (SSSR count). The summed E-state index contributed by atoms with van der Waals surface area (Å²) in [6.07, 6.45) is 4.42. The molecule has 0 spiro atoms. The Hall–Kier alpha value is -0.960. The van der Waals surface area contributed by atoms with Crippen LogP contribution in [0.1, 0.15) is 31.3 Å². The van der Waals surface area contributed by atoms with Crippen molar-refractivity contribution in [3.05, 3.63) is 17.7 Å². The molecule has 1 fully saturated rings. The third-order valence-electron chi connectivity index (χ3n) is 4.31. The molecule has 1 aliphatic heterocycles. The van der Waals surface area contributed by atoms with Crippen molar-refractivity contribution >= 4 is 10.0 Å². The number of aromatic amines is 1. The maximum Gasteiger partial charge on any atom is 0.214 e. The van der Waals surface area contributed by atoms with E-state index in [2.05, 4.69) is 21.8 Å². The molecule has 1 aliphatic rings. The smallest absolute Gasteiger partial charge is 0.214 e. The third-order valence-corrected chi connectivity index (χ3v) is 6.27. The van der Waals surface area contributed by atoms with Crippen molar-refractivity contribution in [1.29, 1.82) is 0 Å². The molecule has 1 aromatic heterocycles. The summed E-state index contributed by atoms with van der Waals surface area (Å²) in [5.74, 6) is 0.737. The Morgan fingerprint density at radius 2 is 2.17 bits per heavy atom. The summed E-state index contributed by atoms with van der Waals surface area (Å²) in [7, 11) is -0.241. The highest BCUT2D eigenvalue weighted by Gasteiger charge is 2.35. The van der Waals surface area contributed by atoms with Gasteiger partial charge in [0.25, 0.3) is 0 Å². The largest absolute Gasteiger partial charge is 0.391 e. The lowest BCUT2D eigenvalue weighted by atomic mass is 10.1. The molecule has 8 heteroatoms. The summed E-state index contributed by atoms with van der Waals surface area (Å²) < 4.78 is 25.2. The highest BCUT2D eigenvalue weighted by Crippen LogP contribution is 2.21. The van der Waals surface area contributed by atoms with E-state index in [1.807, 2.05) is 6.20 Å². The van der Waals surface area contributed by atoms with Crippen LogP contribution in [0.15, 0.2) is 6.20 Å². The fourth-order valence-corrected chi connectivity index (χ4v) is 4.02. The fraction of sp³-hybridized carbons (Fsp3) is 0.800. The molecule has 0 saturated carbocycles. The topological polar surface area (TPSA) is 89.5 Å². The number of β-amino-alcohol motifs (C(OH)–C–C–N with tert-alkyl or cyclic N) is 1. The minimum absolute atomic E-state index is 0.0115. The molecular formula is C15H28N4O3S. The molecule has 0 amide bonds. The zero-order valence-electron chi connectivity index (χ0n) is 14.2. The molecule has 0 aromatic carbocycles. The molecule has 0 radical (unpaired) electrons. The number of aryl methyl sites for hydroxylation is 1. The van der Waals surface area contributed by atoms with Crippen LogP contribution < -0.4 is 0 Å². The summed E-state index contributed by atoms with van der Waals surface area (Å²) in [5, 5.41) is 10.2. The van der Waals surface area contributed by atoms with Gasteiger partial charge >= 0.3 is 0 Å². The molecule has 0 unspecified atom stereocenters. The van der Waals surface area contributed by atoms with E-state index < -0.39 is 16.1 Å². The van der Waals surface area contributed by atoms with Crippen molar-refractivity contribution in [2.75, 3.05) is 32.9 Å². The highest BCUT2D eigenvalue weighted by molar-refractivity contribution is 7.89. The van der Waals surface area contributed by atoms with Gasteiger partial charge in [0.1, 0.15) is 5.82 Å². The first-order valence-corrected chi connectivity index (χ1v) is 9.76. The normalized spacial score (nSPS) is 23.0. The van der Waals surface area contributed by atoms with Crippen molar-refractivity contribution < 1.29 is 13.5 Å². The number of hydrogen-bond acceptors (Lipinski definition) is 5. The van der Waals surface area contributed by atoms with Gasteiger partial charge in [0, 0.05) is 58.0 Å². The van der Waals surface area contributed by atoms with Crippen LogP contribution in [0.5, 0.6) is 0 Å². The Kier molecular flexibility index (Phi) is 6.19. The first kappa shape index (κ1) is 18.4. The minimum Gasteiger partial charge on any atom is -0.391 e. The zero-order chi connectivity index (χ0) is 17.0. The van der Waals surface area contributed by atoms with E-state index in [4.69, 9.17) is 0 Å². The lowest BCUT2D eigenvalue weighted by Crippen LogP contribution is -2.33. The van der Waals surface area contributed by atoms with Crippen LogP contribution in [-0.4, -0.2) is 71.7 Å². The van der Waals surface area contributed by atoms with E-state index in [0.717, 1.165) is 30.8 Å². The predicted octanol–water partition coefficient (Wildman–Crippen LogP) is 0.436. The van der Waals surface area contributed by atoms with Crippen LogP contribution in [0.3, 0.4) is 0 Å². The average Bonchev–Trinajstić information content (AvgIpc) is 3.04. The fourth-order valence-electron chi connectivity index (χ4n) is 2.85. The van der Waals surface area contributed by atoms with Crippen LogP contribution in [0.2, 0.25) is 0 Å². The summed E-state index contributed by atoms with van der Waals surface area (Å²) >= 11 is 0. The Balaban J connectivity index is 1.90. The second-order valence-corrected chi connectivity index (χ2v) is 8.77. The molecule has 0 aliphatic carbocycles. The average molecular weight is 344 g/mol. The van der Waals surface area contributed by atoms with Crippen molar-refractivity contribution in [1.82, 2.24) is 19.2 Å². The van der Waals surface area contributed by atoms with E-state index in [1.165, 1.54) is 18.4 Å². The maximum atomic E-state index is 12.0. The lowest BCUT2D eigenvalue weighted by molar-refractivity contribution is 0.148. The SMILES string of the molecule is CCCCc1ncc(CN2C[C@@H](CS(=O)(=O)N(C)C)[C@H](O)C2)[nH]1. The number of likely N-dealkylation sites (tertiary alicyclic amines) is 1. The number of H-pyrrole nitrogens is 1. The van der Waals surface area contributed by atoms with Gasteiger partial charge < -0.3 is 10.1 Å². The summed E-state index contributed by atoms with van der Waals surface area (Å²) in [6, 6.07) is 0. The zero-order valence-corrected chi connectivity index (χ0v) is 15.0. The number of aliphatic hydroxyl groups is 1. The lowest BCUT2D eigenvalue weighted by Gasteiger charge is -2.17. The van der Waals surface area contributed by atoms with Crippen LogP contribution in [0.25, 0.3) is 0 Å². The first-order chi connectivity index (χ1) is 10.8. The van der Waals surface area contributed by atoms with Crippen LogP contribution >= 0.6 is 0 Å². The van der Waals surface area contributed by atoms with Crippen molar-refractivity contribution in [2.24, 2.45) is 5.92 Å². The van der Waals surface area contributed by atoms with Gasteiger partial charge in [0.05, 0.1) is 11.9 Å². The van der Waals surface area contributed by atoms with Crippen LogP contribution in [0, 0.1) is 5.92 Å². The Labute approximate surface area is 138 Å². The molecule has 2 atom stereocenters. The van der Waals surface area contributed by atoms with Gasteiger partial charge in [-0.15, -0.1) is 0 Å². The molecule has 7 nitrogen and oxygen atoms in total. The molecule has 1 aromatic rings. The monoisotopic (exact) mass is 344 g/mol. The maximum absolute atomic E-state index is 12.0. The number of aromatic nitrogens is 2. The van der Waals surface area contributed by atoms with Gasteiger partial charge in [-0.1, -0.05) is 13.3 Å².